The van der Waals surface area contributed by atoms with Gasteiger partial charge in [0.25, 0.3) is 0 Å². The third kappa shape index (κ3) is 2.62. The Labute approximate surface area is 96.7 Å². The van der Waals surface area contributed by atoms with E-state index in [1.807, 2.05) is 26.0 Å². The first kappa shape index (κ1) is 12.7. The number of piperazine rings is 1. The van der Waals surface area contributed by atoms with Crippen LogP contribution in [-0.4, -0.2) is 35.3 Å². The molecule has 0 aromatic carbocycles. The SMILES string of the molecule is C/C=C/CN1C(=O)C(C)NC(=O)C1CCC. The molecular formula is C12H20N2O2. The van der Waals surface area contributed by atoms with E-state index in [1.165, 1.54) is 0 Å². The summed E-state index contributed by atoms with van der Waals surface area (Å²) in [5.41, 5.74) is 0. The van der Waals surface area contributed by atoms with Crippen LogP contribution >= 0.6 is 0 Å². The first-order chi connectivity index (χ1) is 7.61. The van der Waals surface area contributed by atoms with Gasteiger partial charge in [-0.25, -0.2) is 0 Å². The molecule has 90 valence electrons. The lowest BCUT2D eigenvalue weighted by Gasteiger charge is -2.37. The summed E-state index contributed by atoms with van der Waals surface area (Å²) in [6, 6.07) is -0.698. The van der Waals surface area contributed by atoms with Gasteiger partial charge < -0.3 is 10.2 Å². The monoisotopic (exact) mass is 224 g/mol. The molecule has 2 atom stereocenters. The predicted molar refractivity (Wildman–Crippen MR) is 62.8 cm³/mol. The molecule has 0 aromatic rings. The molecule has 1 aliphatic rings. The fraction of sp³-hybridized carbons (Fsp3) is 0.667. The van der Waals surface area contributed by atoms with Gasteiger partial charge in [-0.3, -0.25) is 9.59 Å². The lowest BCUT2D eigenvalue weighted by molar-refractivity contribution is -0.148. The van der Waals surface area contributed by atoms with Crippen molar-refractivity contribution in [1.29, 1.82) is 0 Å². The van der Waals surface area contributed by atoms with E-state index in [0.29, 0.717) is 6.54 Å². The fourth-order valence-corrected chi connectivity index (χ4v) is 1.91. The van der Waals surface area contributed by atoms with Crippen LogP contribution < -0.4 is 5.32 Å². The molecule has 16 heavy (non-hydrogen) atoms. The Morgan fingerprint density at radius 3 is 2.69 bits per heavy atom. The predicted octanol–water partition coefficient (Wildman–Crippen LogP) is 1.08. The van der Waals surface area contributed by atoms with E-state index in [4.69, 9.17) is 0 Å². The molecule has 0 radical (unpaired) electrons. The molecule has 0 aliphatic carbocycles. The van der Waals surface area contributed by atoms with Crippen LogP contribution in [0.15, 0.2) is 12.2 Å². The lowest BCUT2D eigenvalue weighted by Crippen LogP contribution is -2.62. The number of nitrogens with zero attached hydrogens (tertiary/aromatic N) is 1. The summed E-state index contributed by atoms with van der Waals surface area (Å²) in [4.78, 5) is 25.4. The zero-order valence-electron chi connectivity index (χ0n) is 10.2. The van der Waals surface area contributed by atoms with Crippen LogP contribution in [0.4, 0.5) is 0 Å². The van der Waals surface area contributed by atoms with Gasteiger partial charge in [0.2, 0.25) is 11.8 Å². The van der Waals surface area contributed by atoms with Gasteiger partial charge in [-0.1, -0.05) is 25.5 Å². The maximum atomic E-state index is 11.9. The highest BCUT2D eigenvalue weighted by atomic mass is 16.2. The molecule has 1 rings (SSSR count). The topological polar surface area (TPSA) is 49.4 Å². The summed E-state index contributed by atoms with van der Waals surface area (Å²) >= 11 is 0. The lowest BCUT2D eigenvalue weighted by atomic mass is 10.0. The highest BCUT2D eigenvalue weighted by Crippen LogP contribution is 2.14. The van der Waals surface area contributed by atoms with Crippen LogP contribution in [0, 0.1) is 0 Å². The second kappa shape index (κ2) is 5.68. The number of rotatable bonds is 4. The molecule has 0 spiro atoms. The van der Waals surface area contributed by atoms with Crippen LogP contribution in [0.5, 0.6) is 0 Å². The first-order valence-electron chi connectivity index (χ1n) is 5.83. The van der Waals surface area contributed by atoms with Crippen molar-refractivity contribution in [3.05, 3.63) is 12.2 Å². The van der Waals surface area contributed by atoms with Gasteiger partial charge in [0.1, 0.15) is 12.1 Å². The van der Waals surface area contributed by atoms with Crippen LogP contribution in [0.3, 0.4) is 0 Å². The maximum Gasteiger partial charge on any atom is 0.245 e. The number of allylic oxidation sites excluding steroid dienone is 1. The summed E-state index contributed by atoms with van der Waals surface area (Å²) in [6.07, 6.45) is 5.42. The Bertz CT molecular complexity index is 299. The van der Waals surface area contributed by atoms with Crippen molar-refractivity contribution in [1.82, 2.24) is 10.2 Å². The molecule has 0 aromatic heterocycles. The molecule has 1 heterocycles. The van der Waals surface area contributed by atoms with Crippen LogP contribution in [0.25, 0.3) is 0 Å². The van der Waals surface area contributed by atoms with Crippen LogP contribution in [0.1, 0.15) is 33.6 Å². The summed E-state index contributed by atoms with van der Waals surface area (Å²) in [7, 11) is 0. The molecule has 4 heteroatoms. The van der Waals surface area contributed by atoms with Crippen molar-refractivity contribution in [2.75, 3.05) is 6.54 Å². The molecule has 1 N–H and O–H groups in total. The van der Waals surface area contributed by atoms with Gasteiger partial charge in [-0.05, 0) is 20.3 Å². The van der Waals surface area contributed by atoms with E-state index < -0.39 is 6.04 Å². The standard InChI is InChI=1S/C12H20N2O2/c1-4-6-8-14-10(7-5-2)11(15)13-9(3)12(14)16/h4,6,9-10H,5,7-8H2,1-3H3,(H,13,15)/b6-4+. The molecule has 1 saturated heterocycles. The normalized spacial score (nSPS) is 26.3. The summed E-state index contributed by atoms with van der Waals surface area (Å²) < 4.78 is 0. The van der Waals surface area contributed by atoms with Crippen LogP contribution in [0.2, 0.25) is 0 Å². The summed E-state index contributed by atoms with van der Waals surface area (Å²) in [5, 5.41) is 2.72. The molecule has 2 unspecified atom stereocenters. The number of amides is 2. The highest BCUT2D eigenvalue weighted by molar-refractivity contribution is 5.96. The summed E-state index contributed by atoms with van der Waals surface area (Å²) in [6.45, 7) is 6.18. The second-order valence-corrected chi connectivity index (χ2v) is 4.09. The number of carbonyl (C=O) groups excluding carboxylic acids is 2. The number of nitrogens with one attached hydrogen (secondary N) is 1. The Morgan fingerprint density at radius 2 is 2.12 bits per heavy atom. The van der Waals surface area contributed by atoms with E-state index in [9.17, 15) is 9.59 Å². The van der Waals surface area contributed by atoms with Crippen molar-refractivity contribution in [3.8, 4) is 0 Å². The molecule has 0 bridgehead atoms. The quantitative estimate of drug-likeness (QED) is 0.726. The van der Waals surface area contributed by atoms with Gasteiger partial charge in [-0.2, -0.15) is 0 Å². The van der Waals surface area contributed by atoms with E-state index in [0.717, 1.165) is 12.8 Å². The molecule has 4 nitrogen and oxygen atoms in total. The second-order valence-electron chi connectivity index (χ2n) is 4.09. The van der Waals surface area contributed by atoms with Crippen molar-refractivity contribution in [2.45, 2.75) is 45.7 Å². The van der Waals surface area contributed by atoms with Crippen molar-refractivity contribution >= 4 is 11.8 Å². The minimum absolute atomic E-state index is 0.0103. The molecule has 1 aliphatic heterocycles. The van der Waals surface area contributed by atoms with E-state index in [2.05, 4.69) is 5.32 Å². The number of carbonyl (C=O) groups is 2. The zero-order valence-corrected chi connectivity index (χ0v) is 10.2. The molecule has 0 saturated carbocycles. The average Bonchev–Trinajstić information content (AvgIpc) is 2.25. The minimum Gasteiger partial charge on any atom is -0.343 e. The fourth-order valence-electron chi connectivity index (χ4n) is 1.91. The van der Waals surface area contributed by atoms with Crippen molar-refractivity contribution in [3.63, 3.8) is 0 Å². The van der Waals surface area contributed by atoms with Gasteiger partial charge in [0.15, 0.2) is 0 Å². The Morgan fingerprint density at radius 1 is 1.44 bits per heavy atom. The van der Waals surface area contributed by atoms with Crippen molar-refractivity contribution in [2.24, 2.45) is 0 Å². The van der Waals surface area contributed by atoms with Gasteiger partial charge in [0.05, 0.1) is 0 Å². The Kier molecular flexibility index (Phi) is 4.52. The molecule has 2 amide bonds. The van der Waals surface area contributed by atoms with Crippen molar-refractivity contribution < 1.29 is 9.59 Å². The van der Waals surface area contributed by atoms with Gasteiger partial charge in [0, 0.05) is 6.54 Å². The van der Waals surface area contributed by atoms with E-state index in [1.54, 1.807) is 11.8 Å². The first-order valence-corrected chi connectivity index (χ1v) is 5.83. The molecular weight excluding hydrogens is 204 g/mol. The minimum atomic E-state index is -0.397. The molecule has 1 fully saturated rings. The van der Waals surface area contributed by atoms with Crippen LogP contribution in [-0.2, 0) is 9.59 Å². The van der Waals surface area contributed by atoms with Gasteiger partial charge >= 0.3 is 0 Å². The number of hydrogen-bond acceptors (Lipinski definition) is 2. The highest BCUT2D eigenvalue weighted by Gasteiger charge is 2.36. The summed E-state index contributed by atoms with van der Waals surface area (Å²) in [5.74, 6) is -0.0189. The largest absolute Gasteiger partial charge is 0.343 e. The Balaban J connectivity index is 2.83. The average molecular weight is 224 g/mol. The zero-order chi connectivity index (χ0) is 12.1. The third-order valence-electron chi connectivity index (χ3n) is 2.79. The Hall–Kier alpha value is -1.32. The van der Waals surface area contributed by atoms with Gasteiger partial charge in [-0.15, -0.1) is 0 Å². The van der Waals surface area contributed by atoms with E-state index >= 15 is 0 Å². The smallest absolute Gasteiger partial charge is 0.245 e. The maximum absolute atomic E-state index is 11.9. The van der Waals surface area contributed by atoms with E-state index in [-0.39, 0.29) is 17.9 Å². The third-order valence-corrected chi connectivity index (χ3v) is 2.79. The number of hydrogen-bond donors (Lipinski definition) is 1.